The van der Waals surface area contributed by atoms with Crippen LogP contribution in [0.25, 0.3) is 5.57 Å². The Labute approximate surface area is 161 Å². The van der Waals surface area contributed by atoms with E-state index >= 15 is 0 Å². The molecule has 4 rings (SSSR count). The Morgan fingerprint density at radius 2 is 1.79 bits per heavy atom. The molecule has 3 aromatic carbocycles. The Bertz CT molecular complexity index is 1140. The molecule has 1 heterocycles. The van der Waals surface area contributed by atoms with Crippen molar-refractivity contribution in [3.05, 3.63) is 89.6 Å². The number of fused-ring (bicyclic) bond motifs is 1. The maximum atomic E-state index is 12.8. The van der Waals surface area contributed by atoms with Crippen LogP contribution in [0.2, 0.25) is 0 Å². The summed E-state index contributed by atoms with van der Waals surface area (Å²) in [5.41, 5.74) is 9.54. The van der Waals surface area contributed by atoms with Gasteiger partial charge in [0.05, 0.1) is 5.57 Å². The molecule has 5 N–H and O–H groups in total. The number of benzene rings is 3. The van der Waals surface area contributed by atoms with E-state index in [4.69, 9.17) is 5.73 Å². The van der Waals surface area contributed by atoms with Gasteiger partial charge < -0.3 is 21.5 Å². The van der Waals surface area contributed by atoms with Crippen LogP contribution in [0.5, 0.6) is 5.75 Å². The van der Waals surface area contributed by atoms with E-state index < -0.39 is 0 Å². The Morgan fingerprint density at radius 1 is 1.00 bits per heavy atom. The quantitative estimate of drug-likeness (QED) is 0.319. The third-order valence-corrected chi connectivity index (χ3v) is 4.44. The molecule has 0 saturated carbocycles. The van der Waals surface area contributed by atoms with Crippen LogP contribution in [0.1, 0.15) is 21.5 Å². The standard InChI is InChI=1S/C22H17N3O3/c23-15-4-1-3-13(9-15)21(27)14-7-8-20-18(10-14)19(22(28)25-20)12-24-16-5-2-6-17(26)11-16/h1-12,24,26H,23H2,(H,25,28). The van der Waals surface area contributed by atoms with E-state index in [0.29, 0.717) is 39.3 Å². The topological polar surface area (TPSA) is 104 Å². The summed E-state index contributed by atoms with van der Waals surface area (Å²) in [6, 6.07) is 18.4. The fourth-order valence-corrected chi connectivity index (χ4v) is 3.07. The zero-order valence-electron chi connectivity index (χ0n) is 14.8. The lowest BCUT2D eigenvalue weighted by molar-refractivity contribution is -0.110. The van der Waals surface area contributed by atoms with Gasteiger partial charge in [0.25, 0.3) is 5.91 Å². The van der Waals surface area contributed by atoms with Crippen molar-refractivity contribution in [2.75, 3.05) is 16.4 Å². The van der Waals surface area contributed by atoms with Gasteiger partial charge in [-0.3, -0.25) is 9.59 Å². The molecular formula is C22H17N3O3. The van der Waals surface area contributed by atoms with E-state index in [9.17, 15) is 14.7 Å². The largest absolute Gasteiger partial charge is 0.508 e. The molecule has 6 nitrogen and oxygen atoms in total. The van der Waals surface area contributed by atoms with Gasteiger partial charge in [0.1, 0.15) is 5.75 Å². The SMILES string of the molecule is Nc1cccc(C(=O)c2ccc3c(c2)C(=CNc2cccc(O)c2)C(=O)N3)c1. The highest BCUT2D eigenvalue weighted by Gasteiger charge is 2.25. The van der Waals surface area contributed by atoms with E-state index in [1.54, 1.807) is 72.9 Å². The maximum absolute atomic E-state index is 12.8. The molecule has 0 aromatic heterocycles. The zero-order chi connectivity index (χ0) is 19.7. The molecule has 0 saturated heterocycles. The van der Waals surface area contributed by atoms with Crippen LogP contribution in [-0.4, -0.2) is 16.8 Å². The van der Waals surface area contributed by atoms with Crippen molar-refractivity contribution in [1.82, 2.24) is 0 Å². The molecule has 0 aliphatic carbocycles. The van der Waals surface area contributed by atoms with E-state index in [2.05, 4.69) is 10.6 Å². The number of anilines is 3. The monoisotopic (exact) mass is 371 g/mol. The highest BCUT2D eigenvalue weighted by molar-refractivity contribution is 6.32. The fraction of sp³-hybridized carbons (Fsp3) is 0. The van der Waals surface area contributed by atoms with Gasteiger partial charge in [0.2, 0.25) is 0 Å². The van der Waals surface area contributed by atoms with Gasteiger partial charge in [-0.15, -0.1) is 0 Å². The second-order valence-electron chi connectivity index (χ2n) is 6.42. The molecule has 1 aliphatic heterocycles. The van der Waals surface area contributed by atoms with Crippen LogP contribution >= 0.6 is 0 Å². The highest BCUT2D eigenvalue weighted by atomic mass is 16.3. The average Bonchev–Trinajstić information content (AvgIpc) is 3.00. The van der Waals surface area contributed by atoms with Crippen LogP contribution in [0.4, 0.5) is 17.1 Å². The number of carbonyl (C=O) groups excluding carboxylic acids is 2. The molecule has 0 bridgehead atoms. The van der Waals surface area contributed by atoms with Gasteiger partial charge in [0.15, 0.2) is 5.78 Å². The first-order chi connectivity index (χ1) is 13.5. The number of aromatic hydroxyl groups is 1. The molecule has 28 heavy (non-hydrogen) atoms. The lowest BCUT2D eigenvalue weighted by atomic mass is 9.98. The summed E-state index contributed by atoms with van der Waals surface area (Å²) in [7, 11) is 0. The molecule has 0 unspecified atom stereocenters. The Hall–Kier alpha value is -4.06. The summed E-state index contributed by atoms with van der Waals surface area (Å²) in [4.78, 5) is 25.1. The normalized spacial score (nSPS) is 13.9. The number of nitrogen functional groups attached to an aromatic ring is 1. The molecule has 0 radical (unpaired) electrons. The van der Waals surface area contributed by atoms with Crippen LogP contribution < -0.4 is 16.4 Å². The Kier molecular flexibility index (Phi) is 4.29. The predicted octanol–water partition coefficient (Wildman–Crippen LogP) is 3.61. The first-order valence-electron chi connectivity index (χ1n) is 8.63. The fourth-order valence-electron chi connectivity index (χ4n) is 3.07. The Morgan fingerprint density at radius 3 is 2.57 bits per heavy atom. The molecule has 1 amide bonds. The average molecular weight is 371 g/mol. The molecule has 6 heteroatoms. The summed E-state index contributed by atoms with van der Waals surface area (Å²) in [6.45, 7) is 0. The third-order valence-electron chi connectivity index (χ3n) is 4.44. The van der Waals surface area contributed by atoms with Gasteiger partial charge >= 0.3 is 0 Å². The van der Waals surface area contributed by atoms with Gasteiger partial charge in [-0.2, -0.15) is 0 Å². The van der Waals surface area contributed by atoms with Crippen LogP contribution in [0.15, 0.2) is 72.9 Å². The molecular weight excluding hydrogens is 354 g/mol. The number of hydrogen-bond acceptors (Lipinski definition) is 5. The summed E-state index contributed by atoms with van der Waals surface area (Å²) in [5.74, 6) is -0.319. The van der Waals surface area contributed by atoms with E-state index in [1.807, 2.05) is 0 Å². The van der Waals surface area contributed by atoms with Crippen molar-refractivity contribution in [3.63, 3.8) is 0 Å². The van der Waals surface area contributed by atoms with E-state index in [-0.39, 0.29) is 17.4 Å². The van der Waals surface area contributed by atoms with Crippen LogP contribution in [-0.2, 0) is 4.79 Å². The smallest absolute Gasteiger partial charge is 0.257 e. The summed E-state index contributed by atoms with van der Waals surface area (Å²) < 4.78 is 0. The first-order valence-corrected chi connectivity index (χ1v) is 8.63. The Balaban J connectivity index is 1.67. The lowest BCUT2D eigenvalue weighted by Gasteiger charge is -2.06. The van der Waals surface area contributed by atoms with E-state index in [0.717, 1.165) is 0 Å². The number of ketones is 1. The molecule has 0 atom stereocenters. The number of nitrogens with two attached hydrogens (primary N) is 1. The van der Waals surface area contributed by atoms with E-state index in [1.165, 1.54) is 0 Å². The number of amides is 1. The number of phenolic OH excluding ortho intramolecular Hbond substituents is 1. The predicted molar refractivity (Wildman–Crippen MR) is 109 cm³/mol. The molecule has 3 aromatic rings. The van der Waals surface area contributed by atoms with Gasteiger partial charge in [-0.05, 0) is 42.5 Å². The second kappa shape index (κ2) is 6.92. The summed E-state index contributed by atoms with van der Waals surface area (Å²) >= 11 is 0. The van der Waals surface area contributed by atoms with Crippen molar-refractivity contribution in [2.24, 2.45) is 0 Å². The minimum atomic E-state index is -0.267. The van der Waals surface area contributed by atoms with Crippen molar-refractivity contribution in [3.8, 4) is 5.75 Å². The van der Waals surface area contributed by atoms with Gasteiger partial charge in [-0.1, -0.05) is 18.2 Å². The lowest BCUT2D eigenvalue weighted by Crippen LogP contribution is -2.05. The van der Waals surface area contributed by atoms with Crippen molar-refractivity contribution >= 4 is 34.3 Å². The maximum Gasteiger partial charge on any atom is 0.257 e. The van der Waals surface area contributed by atoms with Crippen LogP contribution in [0, 0.1) is 0 Å². The van der Waals surface area contributed by atoms with Crippen LogP contribution in [0.3, 0.4) is 0 Å². The minimum absolute atomic E-state index is 0.120. The van der Waals surface area contributed by atoms with Crippen molar-refractivity contribution < 1.29 is 14.7 Å². The highest BCUT2D eigenvalue weighted by Crippen LogP contribution is 2.33. The number of nitrogens with one attached hydrogen (secondary N) is 2. The summed E-state index contributed by atoms with van der Waals surface area (Å²) in [6.07, 6.45) is 1.56. The zero-order valence-corrected chi connectivity index (χ0v) is 14.8. The van der Waals surface area contributed by atoms with Gasteiger partial charge in [-0.25, -0.2) is 0 Å². The second-order valence-corrected chi connectivity index (χ2v) is 6.42. The number of phenols is 1. The molecule has 0 spiro atoms. The summed E-state index contributed by atoms with van der Waals surface area (Å²) in [5, 5.41) is 15.3. The number of carbonyl (C=O) groups is 2. The number of rotatable bonds is 4. The molecule has 1 aliphatic rings. The van der Waals surface area contributed by atoms with Crippen molar-refractivity contribution in [2.45, 2.75) is 0 Å². The minimum Gasteiger partial charge on any atom is -0.508 e. The molecule has 0 fully saturated rings. The van der Waals surface area contributed by atoms with Gasteiger partial charge in [0, 0.05) is 46.0 Å². The van der Waals surface area contributed by atoms with Crippen molar-refractivity contribution in [1.29, 1.82) is 0 Å². The third kappa shape index (κ3) is 3.31. The molecule has 138 valence electrons. The number of hydrogen-bond donors (Lipinski definition) is 4. The first kappa shape index (κ1) is 17.4.